The second-order valence-electron chi connectivity index (χ2n) is 19.5. The zero-order valence-corrected chi connectivity index (χ0v) is 38.1. The van der Waals surface area contributed by atoms with E-state index in [2.05, 4.69) is 183 Å². The largest absolute Gasteiger partial charge is 0.509 e. The van der Waals surface area contributed by atoms with Gasteiger partial charge >= 0.3 is 0 Å². The Labute approximate surface area is 359 Å². The van der Waals surface area contributed by atoms with E-state index in [1.165, 1.54) is 27.9 Å². The molecule has 1 aliphatic rings. The van der Waals surface area contributed by atoms with Crippen LogP contribution in [0.4, 0.5) is 22.9 Å². The molecule has 0 saturated carbocycles. The van der Waals surface area contributed by atoms with Crippen molar-refractivity contribution >= 4 is 44.7 Å². The molecule has 7 heteroatoms. The SMILES string of the molecule is CC(C)(C)c1ccnc(-n2c3[c-]c(Oc4[c-]c(N5[CH-]N(c6c(C(C)(C)C)cc(C(C)(C)C)cc6C(C)(C)C)c6cccnc65)ccc4)ccc3c3ccccc32)c1.[Pt]. The van der Waals surface area contributed by atoms with E-state index in [1.807, 2.05) is 36.7 Å². The third-order valence-corrected chi connectivity index (χ3v) is 10.9. The summed E-state index contributed by atoms with van der Waals surface area (Å²) in [6, 6.07) is 39.1. The van der Waals surface area contributed by atoms with Gasteiger partial charge in [0.25, 0.3) is 0 Å². The van der Waals surface area contributed by atoms with Crippen LogP contribution < -0.4 is 14.5 Å². The van der Waals surface area contributed by atoms with Crippen LogP contribution in [0.1, 0.15) is 105 Å². The Morgan fingerprint density at radius 1 is 0.569 bits per heavy atom. The average molecular weight is 948 g/mol. The molecule has 58 heavy (non-hydrogen) atoms. The number of benzene rings is 4. The molecule has 0 radical (unpaired) electrons. The quantitative estimate of drug-likeness (QED) is 0.161. The summed E-state index contributed by atoms with van der Waals surface area (Å²) in [6.07, 6.45) is 3.76. The van der Waals surface area contributed by atoms with Crippen molar-refractivity contribution in [3.63, 3.8) is 0 Å². The fourth-order valence-electron chi connectivity index (χ4n) is 7.75. The summed E-state index contributed by atoms with van der Waals surface area (Å²) in [4.78, 5) is 14.2. The molecule has 4 heterocycles. The molecule has 0 atom stereocenters. The van der Waals surface area contributed by atoms with Crippen molar-refractivity contribution in [2.45, 2.75) is 105 Å². The van der Waals surface area contributed by atoms with Crippen molar-refractivity contribution in [3.8, 4) is 17.3 Å². The van der Waals surface area contributed by atoms with Crippen LogP contribution in [0.5, 0.6) is 11.5 Å². The minimum atomic E-state index is -0.116. The number of para-hydroxylation sites is 1. The zero-order valence-electron chi connectivity index (χ0n) is 35.9. The summed E-state index contributed by atoms with van der Waals surface area (Å²) in [5.41, 5.74) is 9.95. The third kappa shape index (κ3) is 7.57. The van der Waals surface area contributed by atoms with E-state index in [0.717, 1.165) is 44.8 Å². The molecular weight excluding hydrogens is 894 g/mol. The molecule has 0 aliphatic carbocycles. The smallest absolute Gasteiger partial charge is 0.135 e. The molecule has 302 valence electrons. The molecule has 7 aromatic rings. The van der Waals surface area contributed by atoms with Gasteiger partial charge in [-0.3, -0.25) is 0 Å². The van der Waals surface area contributed by atoms with Crippen LogP contribution in [-0.2, 0) is 42.7 Å². The Balaban J connectivity index is 0.00000512. The van der Waals surface area contributed by atoms with Crippen molar-refractivity contribution in [3.05, 3.63) is 144 Å². The normalized spacial score (nSPS) is 13.6. The van der Waals surface area contributed by atoms with Crippen LogP contribution in [0.25, 0.3) is 27.6 Å². The summed E-state index contributed by atoms with van der Waals surface area (Å²) in [7, 11) is 0. The van der Waals surface area contributed by atoms with E-state index < -0.39 is 0 Å². The number of aromatic nitrogens is 3. The molecule has 0 amide bonds. The second kappa shape index (κ2) is 14.7. The first-order valence-corrected chi connectivity index (χ1v) is 20.0. The number of hydrogen-bond acceptors (Lipinski definition) is 5. The van der Waals surface area contributed by atoms with Crippen molar-refractivity contribution in [1.29, 1.82) is 0 Å². The van der Waals surface area contributed by atoms with Crippen LogP contribution in [0.3, 0.4) is 0 Å². The van der Waals surface area contributed by atoms with Gasteiger partial charge in [0.15, 0.2) is 0 Å². The number of nitrogens with zero attached hydrogens (tertiary/aromatic N) is 5. The number of fused-ring (bicyclic) bond motifs is 4. The van der Waals surface area contributed by atoms with Gasteiger partial charge in [-0.2, -0.15) is 12.1 Å². The summed E-state index contributed by atoms with van der Waals surface area (Å²) < 4.78 is 8.79. The molecule has 1 aliphatic heterocycles. The first kappa shape index (κ1) is 41.2. The molecule has 0 fully saturated rings. The number of rotatable bonds is 5. The Morgan fingerprint density at radius 2 is 1.24 bits per heavy atom. The Bertz CT molecular complexity index is 2610. The maximum atomic E-state index is 6.60. The van der Waals surface area contributed by atoms with E-state index in [1.54, 1.807) is 0 Å². The molecule has 0 N–H and O–H groups in total. The minimum absolute atomic E-state index is 0. The van der Waals surface area contributed by atoms with E-state index in [9.17, 15) is 0 Å². The van der Waals surface area contributed by atoms with Crippen LogP contribution in [0.15, 0.2) is 103 Å². The van der Waals surface area contributed by atoms with Gasteiger partial charge in [-0.1, -0.05) is 125 Å². The van der Waals surface area contributed by atoms with Gasteiger partial charge in [0, 0.05) is 56.2 Å². The molecule has 0 saturated heterocycles. The first-order valence-electron chi connectivity index (χ1n) is 20.0. The van der Waals surface area contributed by atoms with Crippen LogP contribution >= 0.6 is 0 Å². The fourth-order valence-corrected chi connectivity index (χ4v) is 7.75. The maximum absolute atomic E-state index is 6.60. The average Bonchev–Trinajstić information content (AvgIpc) is 3.69. The van der Waals surface area contributed by atoms with Gasteiger partial charge in [-0.05, 0) is 79.6 Å². The molecule has 8 rings (SSSR count). The molecule has 0 bridgehead atoms. The summed E-state index contributed by atoms with van der Waals surface area (Å²) in [5.74, 6) is 2.88. The van der Waals surface area contributed by atoms with E-state index >= 15 is 0 Å². The Morgan fingerprint density at radius 3 is 1.91 bits per heavy atom. The van der Waals surface area contributed by atoms with Gasteiger partial charge in [0.1, 0.15) is 11.6 Å². The standard InChI is InChI=1S/C51H54N5O.Pt/c1-48(2,3)33-24-26-52-45(29-33)56-42-20-14-13-19-38(42)39-23-22-37(31-44(39)56)57-36-18-15-17-35(30-36)54-32-55(43-21-16-25-53-47(43)54)46-40(50(7,8)9)27-34(49(4,5)6)28-41(46)51(10,11)12;/h13-29,32H,1-12H3;/q-3;. The van der Waals surface area contributed by atoms with Gasteiger partial charge in [-0.15, -0.1) is 42.4 Å². The molecule has 0 spiro atoms. The van der Waals surface area contributed by atoms with E-state index in [-0.39, 0.29) is 42.7 Å². The van der Waals surface area contributed by atoms with E-state index in [4.69, 9.17) is 14.7 Å². The molecule has 0 unspecified atom stereocenters. The van der Waals surface area contributed by atoms with Crippen molar-refractivity contribution in [1.82, 2.24) is 14.5 Å². The van der Waals surface area contributed by atoms with Crippen LogP contribution in [0.2, 0.25) is 0 Å². The minimum Gasteiger partial charge on any atom is -0.509 e. The Hall–Kier alpha value is -4.93. The number of pyridine rings is 2. The van der Waals surface area contributed by atoms with Gasteiger partial charge in [-0.25, -0.2) is 9.97 Å². The molecule has 4 aromatic carbocycles. The number of anilines is 4. The summed E-state index contributed by atoms with van der Waals surface area (Å²) in [6.45, 7) is 29.6. The zero-order chi connectivity index (χ0) is 40.7. The maximum Gasteiger partial charge on any atom is 0.135 e. The predicted molar refractivity (Wildman–Crippen MR) is 237 cm³/mol. The first-order chi connectivity index (χ1) is 26.8. The second-order valence-corrected chi connectivity index (χ2v) is 19.5. The van der Waals surface area contributed by atoms with E-state index in [0.29, 0.717) is 11.5 Å². The topological polar surface area (TPSA) is 46.4 Å². The van der Waals surface area contributed by atoms with Crippen LogP contribution in [0, 0.1) is 18.8 Å². The van der Waals surface area contributed by atoms with Gasteiger partial charge in [0.2, 0.25) is 0 Å². The van der Waals surface area contributed by atoms with Crippen molar-refractivity contribution < 1.29 is 25.8 Å². The van der Waals surface area contributed by atoms with Gasteiger partial charge < -0.3 is 19.1 Å². The molecule has 6 nitrogen and oxygen atoms in total. The van der Waals surface area contributed by atoms with Crippen LogP contribution in [-0.4, -0.2) is 14.5 Å². The number of hydrogen-bond donors (Lipinski definition) is 0. The van der Waals surface area contributed by atoms with Crippen molar-refractivity contribution in [2.24, 2.45) is 0 Å². The monoisotopic (exact) mass is 947 g/mol. The number of ether oxygens (including phenoxy) is 1. The molecular formula is C51H54N5OPt-3. The summed E-state index contributed by atoms with van der Waals surface area (Å²) in [5, 5.41) is 2.23. The third-order valence-electron chi connectivity index (χ3n) is 10.9. The van der Waals surface area contributed by atoms with Gasteiger partial charge in [0.05, 0.1) is 5.69 Å². The summed E-state index contributed by atoms with van der Waals surface area (Å²) >= 11 is 0. The fraction of sp³-hybridized carbons (Fsp3) is 0.314. The van der Waals surface area contributed by atoms with Crippen molar-refractivity contribution in [2.75, 3.05) is 9.80 Å². The molecule has 3 aromatic heterocycles. The predicted octanol–water partition coefficient (Wildman–Crippen LogP) is 13.6. The Kier molecular flexibility index (Phi) is 10.5.